The number of carbonyl (C=O) groups excluding carboxylic acids is 2. The number of nitrogen functional groups attached to an aromatic ring is 1. The van der Waals surface area contributed by atoms with Crippen LogP contribution in [0.5, 0.6) is 0 Å². The molecule has 2 rings (SSSR count). The van der Waals surface area contributed by atoms with Crippen molar-refractivity contribution in [3.8, 4) is 0 Å². The first-order chi connectivity index (χ1) is 17.5. The van der Waals surface area contributed by atoms with Crippen LogP contribution in [0.4, 0.5) is 0 Å². The van der Waals surface area contributed by atoms with Gasteiger partial charge in [0.25, 0.3) is 0 Å². The molecule has 0 heterocycles. The highest BCUT2D eigenvalue weighted by Gasteiger charge is 2.30. The predicted molar refractivity (Wildman–Crippen MR) is 143 cm³/mol. The van der Waals surface area contributed by atoms with Crippen molar-refractivity contribution in [2.24, 2.45) is 11.7 Å². The fourth-order valence-corrected chi connectivity index (χ4v) is 5.11. The van der Waals surface area contributed by atoms with Gasteiger partial charge in [-0.2, -0.15) is 0 Å². The molecule has 2 aromatic carbocycles. The van der Waals surface area contributed by atoms with Crippen LogP contribution in [0.2, 0.25) is 0 Å². The number of unbranched alkanes of at least 4 members (excludes halogenated alkanes) is 1. The second-order valence-corrected chi connectivity index (χ2v) is 10.9. The number of nitrogens with one attached hydrogen (secondary N) is 4. The molecule has 0 fully saturated rings. The Bertz CT molecular complexity index is 1140. The van der Waals surface area contributed by atoms with Gasteiger partial charge in [0.2, 0.25) is 21.8 Å². The van der Waals surface area contributed by atoms with Crippen LogP contribution in [-0.4, -0.2) is 49.9 Å². The number of benzene rings is 2. The van der Waals surface area contributed by atoms with Gasteiger partial charge in [-0.3, -0.25) is 15.0 Å². The normalized spacial score (nSPS) is 13.1. The molecule has 0 saturated heterocycles. The molecular formula is C26H37N5O5S. The molecule has 0 spiro atoms. The van der Waals surface area contributed by atoms with Gasteiger partial charge in [0.05, 0.1) is 5.75 Å². The number of hydrogen-bond donors (Lipinski definition) is 6. The summed E-state index contributed by atoms with van der Waals surface area (Å²) < 4.78 is 28.0. The van der Waals surface area contributed by atoms with Crippen LogP contribution in [-0.2, 0) is 31.9 Å². The van der Waals surface area contributed by atoms with Crippen molar-refractivity contribution in [2.45, 2.75) is 57.5 Å². The zero-order valence-corrected chi connectivity index (χ0v) is 22.1. The fraction of sp³-hybridized carbons (Fsp3) is 0.423. The Morgan fingerprint density at radius 1 is 0.973 bits per heavy atom. The van der Waals surface area contributed by atoms with E-state index in [-0.39, 0.29) is 37.1 Å². The zero-order chi connectivity index (χ0) is 27.4. The lowest BCUT2D eigenvalue weighted by molar-refractivity contribution is -0.130. The quantitative estimate of drug-likeness (QED) is 0.115. The molecule has 2 aromatic rings. The lowest BCUT2D eigenvalue weighted by atomic mass is 10.0. The molecule has 7 N–H and O–H groups in total. The zero-order valence-electron chi connectivity index (χ0n) is 21.2. The first kappa shape index (κ1) is 29.9. The highest BCUT2D eigenvalue weighted by molar-refractivity contribution is 7.88. The van der Waals surface area contributed by atoms with Gasteiger partial charge in [-0.25, -0.2) is 13.1 Å². The van der Waals surface area contributed by atoms with Crippen molar-refractivity contribution in [1.29, 1.82) is 5.41 Å². The highest BCUT2D eigenvalue weighted by atomic mass is 32.2. The molecule has 2 atom stereocenters. The Balaban J connectivity index is 2.07. The van der Waals surface area contributed by atoms with E-state index in [4.69, 9.17) is 16.2 Å². The van der Waals surface area contributed by atoms with Crippen LogP contribution >= 0.6 is 0 Å². The first-order valence-electron chi connectivity index (χ1n) is 12.2. The van der Waals surface area contributed by atoms with Crippen LogP contribution in [0.25, 0.3) is 0 Å². The van der Waals surface area contributed by atoms with Crippen LogP contribution in [0.15, 0.2) is 54.6 Å². The van der Waals surface area contributed by atoms with E-state index in [2.05, 4.69) is 15.4 Å². The lowest BCUT2D eigenvalue weighted by Crippen LogP contribution is -2.55. The van der Waals surface area contributed by atoms with Gasteiger partial charge in [0, 0.05) is 18.7 Å². The number of sulfonamides is 1. The molecule has 2 amide bonds. The van der Waals surface area contributed by atoms with Crippen molar-refractivity contribution >= 4 is 27.7 Å². The van der Waals surface area contributed by atoms with Crippen LogP contribution in [0, 0.1) is 11.3 Å². The molecule has 0 aliphatic carbocycles. The Morgan fingerprint density at radius 2 is 1.62 bits per heavy atom. The third-order valence-electron chi connectivity index (χ3n) is 5.72. The van der Waals surface area contributed by atoms with Crippen molar-refractivity contribution in [2.75, 3.05) is 6.61 Å². The molecule has 2 unspecified atom stereocenters. The topological polar surface area (TPSA) is 174 Å². The molecule has 11 heteroatoms. The summed E-state index contributed by atoms with van der Waals surface area (Å²) in [7, 11) is -3.83. The molecule has 0 bridgehead atoms. The molecule has 10 nitrogen and oxygen atoms in total. The minimum atomic E-state index is -3.83. The maximum Gasteiger partial charge on any atom is 0.242 e. The molecular weight excluding hydrogens is 494 g/mol. The van der Waals surface area contributed by atoms with Gasteiger partial charge < -0.3 is 21.5 Å². The predicted octanol–water partition coefficient (Wildman–Crippen LogP) is 1.38. The van der Waals surface area contributed by atoms with Crippen molar-refractivity contribution in [3.63, 3.8) is 0 Å². The SMILES string of the molecule is CC(C)C(NS(=O)(=O)Cc1ccccc1)C(=O)NC(CCCCO)C(=O)NCc1ccc(C(=N)N)cc1. The summed E-state index contributed by atoms with van der Waals surface area (Å²) in [6, 6.07) is 13.5. The van der Waals surface area contributed by atoms with Gasteiger partial charge >= 0.3 is 0 Å². The summed E-state index contributed by atoms with van der Waals surface area (Å²) in [5, 5.41) is 22.1. The number of amidine groups is 1. The van der Waals surface area contributed by atoms with Gasteiger partial charge in [-0.15, -0.1) is 0 Å². The third-order valence-corrected chi connectivity index (χ3v) is 7.05. The van der Waals surface area contributed by atoms with E-state index in [0.29, 0.717) is 24.0 Å². The van der Waals surface area contributed by atoms with E-state index >= 15 is 0 Å². The average Bonchev–Trinajstić information content (AvgIpc) is 2.85. The van der Waals surface area contributed by atoms with E-state index in [0.717, 1.165) is 5.56 Å². The molecule has 0 saturated carbocycles. The number of aliphatic hydroxyl groups is 1. The number of amides is 2. The molecule has 0 aromatic heterocycles. The Morgan fingerprint density at radius 3 is 2.19 bits per heavy atom. The fourth-order valence-electron chi connectivity index (χ4n) is 3.63. The van der Waals surface area contributed by atoms with Gasteiger partial charge in [0.1, 0.15) is 17.9 Å². The summed E-state index contributed by atoms with van der Waals surface area (Å²) in [5.41, 5.74) is 7.41. The van der Waals surface area contributed by atoms with Gasteiger partial charge in [-0.05, 0) is 36.3 Å². The van der Waals surface area contributed by atoms with Gasteiger partial charge in [-0.1, -0.05) is 68.4 Å². The van der Waals surface area contributed by atoms with E-state index in [9.17, 15) is 18.0 Å². The maximum atomic E-state index is 13.1. The number of hydrogen-bond acceptors (Lipinski definition) is 6. The highest BCUT2D eigenvalue weighted by Crippen LogP contribution is 2.11. The summed E-state index contributed by atoms with van der Waals surface area (Å²) in [4.78, 5) is 26.1. The van der Waals surface area contributed by atoms with E-state index in [1.54, 1.807) is 68.4 Å². The standard InChI is InChI=1S/C26H37N5O5S/c1-18(2)23(31-37(35,36)17-20-8-4-3-5-9-20)26(34)30-22(10-6-7-15-32)25(33)29-16-19-11-13-21(14-12-19)24(27)28/h3-5,8-9,11-14,18,22-23,31-32H,6-7,10,15-17H2,1-2H3,(H3,27,28)(H,29,33)(H,30,34). The largest absolute Gasteiger partial charge is 0.396 e. The lowest BCUT2D eigenvalue weighted by Gasteiger charge is -2.25. The molecule has 0 aliphatic heterocycles. The summed E-state index contributed by atoms with van der Waals surface area (Å²) >= 11 is 0. The molecule has 202 valence electrons. The number of nitrogens with two attached hydrogens (primary N) is 1. The molecule has 0 aliphatic rings. The van der Waals surface area contributed by atoms with E-state index in [1.807, 2.05) is 0 Å². The average molecular weight is 532 g/mol. The Labute approximate surface area is 218 Å². The van der Waals surface area contributed by atoms with Crippen LogP contribution in [0.3, 0.4) is 0 Å². The van der Waals surface area contributed by atoms with E-state index in [1.165, 1.54) is 0 Å². The smallest absolute Gasteiger partial charge is 0.242 e. The maximum absolute atomic E-state index is 13.1. The summed E-state index contributed by atoms with van der Waals surface area (Å²) in [5.74, 6) is -1.71. The number of rotatable bonds is 15. The minimum absolute atomic E-state index is 0.0430. The van der Waals surface area contributed by atoms with Crippen LogP contribution < -0.4 is 21.1 Å². The monoisotopic (exact) mass is 531 g/mol. The van der Waals surface area contributed by atoms with Gasteiger partial charge in [0.15, 0.2) is 0 Å². The Kier molecular flexibility index (Phi) is 11.7. The van der Waals surface area contributed by atoms with Crippen molar-refractivity contribution < 1.29 is 23.1 Å². The molecule has 37 heavy (non-hydrogen) atoms. The van der Waals surface area contributed by atoms with E-state index < -0.39 is 33.9 Å². The first-order valence-corrected chi connectivity index (χ1v) is 13.8. The number of carbonyl (C=O) groups is 2. The summed E-state index contributed by atoms with van der Waals surface area (Å²) in [6.07, 6.45) is 1.24. The second-order valence-electron chi connectivity index (χ2n) is 9.19. The van der Waals surface area contributed by atoms with Crippen LogP contribution in [0.1, 0.15) is 49.8 Å². The minimum Gasteiger partial charge on any atom is -0.396 e. The Hall–Kier alpha value is -3.28. The number of aliphatic hydroxyl groups excluding tert-OH is 1. The molecule has 0 radical (unpaired) electrons. The third kappa shape index (κ3) is 10.3. The second kappa shape index (κ2) is 14.5. The summed E-state index contributed by atoms with van der Waals surface area (Å²) in [6.45, 7) is 3.60. The van der Waals surface area contributed by atoms with Crippen molar-refractivity contribution in [1.82, 2.24) is 15.4 Å². The van der Waals surface area contributed by atoms with Crippen molar-refractivity contribution in [3.05, 3.63) is 71.3 Å².